The Morgan fingerprint density at radius 2 is 1.60 bits per heavy atom. The van der Waals surface area contributed by atoms with Crippen LogP contribution in [0.1, 0.15) is 85.0 Å². The minimum Gasteiger partial charge on any atom is -0.481 e. The van der Waals surface area contributed by atoms with Gasteiger partial charge in [0.2, 0.25) is 11.6 Å². The van der Waals surface area contributed by atoms with E-state index in [-0.39, 0.29) is 36.0 Å². The van der Waals surface area contributed by atoms with Crippen molar-refractivity contribution < 1.29 is 30.3 Å². The van der Waals surface area contributed by atoms with E-state index in [4.69, 9.17) is 5.11 Å². The third-order valence-electron chi connectivity index (χ3n) is 10.4. The van der Waals surface area contributed by atoms with Gasteiger partial charge in [-0.05, 0) is 91.3 Å². The molecule has 0 unspecified atom stereocenters. The molecule has 8 atom stereocenters. The van der Waals surface area contributed by atoms with E-state index in [0.717, 1.165) is 38.5 Å². The molecular formula is C24H40O6. The van der Waals surface area contributed by atoms with Gasteiger partial charge >= 0.3 is 5.97 Å². The molecule has 4 rings (SSSR count). The Bertz CT molecular complexity index is 689. The minimum atomic E-state index is -2.47. The molecule has 0 amide bonds. The van der Waals surface area contributed by atoms with Crippen LogP contribution in [0.5, 0.6) is 0 Å². The number of carboxylic acids is 1. The standard InChI is InChI=1S/C24H40O6/c1-14(4-9-20(25)26)17-7-8-18-16-6-5-15-12-23(27,28)24(29,30)13-22(15,3)19(16)10-11-21(17,18)2/h14-19,27-30H,4-13H2,1-3H3,(H,25,26)/t14-,15-,16+,17-,18+,19+,21-,22+/m1/s1. The van der Waals surface area contributed by atoms with Crippen molar-refractivity contribution in [3.8, 4) is 0 Å². The van der Waals surface area contributed by atoms with Crippen LogP contribution in [0.15, 0.2) is 0 Å². The first-order valence-corrected chi connectivity index (χ1v) is 11.9. The maximum absolute atomic E-state index is 11.1. The highest BCUT2D eigenvalue weighted by atomic mass is 16.6. The van der Waals surface area contributed by atoms with Gasteiger partial charge in [0.25, 0.3) is 0 Å². The average Bonchev–Trinajstić information content (AvgIpc) is 2.98. The second-order valence-electron chi connectivity index (χ2n) is 11.8. The molecular weight excluding hydrogens is 384 g/mol. The summed E-state index contributed by atoms with van der Waals surface area (Å²) in [5.41, 5.74) is -0.0695. The fourth-order valence-corrected chi connectivity index (χ4v) is 8.85. The third-order valence-corrected chi connectivity index (χ3v) is 10.4. The molecule has 0 spiro atoms. The Hall–Kier alpha value is -0.690. The zero-order chi connectivity index (χ0) is 22.1. The summed E-state index contributed by atoms with van der Waals surface area (Å²) in [5, 5.41) is 50.5. The second kappa shape index (κ2) is 7.16. The maximum Gasteiger partial charge on any atom is 0.303 e. The molecule has 0 radical (unpaired) electrons. The lowest BCUT2D eigenvalue weighted by molar-refractivity contribution is -0.398. The summed E-state index contributed by atoms with van der Waals surface area (Å²) in [5.74, 6) is -3.08. The van der Waals surface area contributed by atoms with Crippen LogP contribution in [0.3, 0.4) is 0 Å². The van der Waals surface area contributed by atoms with E-state index in [2.05, 4.69) is 20.8 Å². The maximum atomic E-state index is 11.1. The molecule has 0 aromatic rings. The summed E-state index contributed by atoms with van der Waals surface area (Å²) < 4.78 is 0. The normalized spacial score (nSPS) is 47.6. The van der Waals surface area contributed by atoms with E-state index < -0.39 is 17.5 Å². The molecule has 4 fully saturated rings. The molecule has 0 bridgehead atoms. The van der Waals surface area contributed by atoms with Crippen LogP contribution in [-0.2, 0) is 4.79 Å². The summed E-state index contributed by atoms with van der Waals surface area (Å²) >= 11 is 0. The van der Waals surface area contributed by atoms with Gasteiger partial charge in [-0.2, -0.15) is 0 Å². The lowest BCUT2D eigenvalue weighted by atomic mass is 9.43. The number of fused-ring (bicyclic) bond motifs is 5. The van der Waals surface area contributed by atoms with Gasteiger partial charge in [-0.15, -0.1) is 0 Å². The predicted molar refractivity (Wildman–Crippen MR) is 111 cm³/mol. The van der Waals surface area contributed by atoms with Gasteiger partial charge in [-0.3, -0.25) is 4.79 Å². The van der Waals surface area contributed by atoms with Gasteiger partial charge in [0, 0.05) is 19.3 Å². The molecule has 0 aliphatic heterocycles. The molecule has 4 aliphatic carbocycles. The number of carbonyl (C=O) groups is 1. The molecule has 4 saturated carbocycles. The molecule has 30 heavy (non-hydrogen) atoms. The van der Waals surface area contributed by atoms with Crippen LogP contribution in [0, 0.1) is 46.3 Å². The molecule has 0 aromatic carbocycles. The first-order valence-electron chi connectivity index (χ1n) is 11.9. The smallest absolute Gasteiger partial charge is 0.303 e. The summed E-state index contributed by atoms with van der Waals surface area (Å²) in [4.78, 5) is 11.1. The average molecular weight is 425 g/mol. The van der Waals surface area contributed by atoms with Crippen molar-refractivity contribution in [2.75, 3.05) is 0 Å². The number of carboxylic acid groups (broad SMARTS) is 1. The van der Waals surface area contributed by atoms with Crippen molar-refractivity contribution in [3.05, 3.63) is 0 Å². The monoisotopic (exact) mass is 424 g/mol. The summed E-state index contributed by atoms with van der Waals surface area (Å²) in [6.45, 7) is 6.79. The Morgan fingerprint density at radius 1 is 0.933 bits per heavy atom. The third kappa shape index (κ3) is 3.25. The van der Waals surface area contributed by atoms with E-state index >= 15 is 0 Å². The molecule has 6 nitrogen and oxygen atoms in total. The molecule has 4 aliphatic rings. The van der Waals surface area contributed by atoms with Crippen molar-refractivity contribution in [2.24, 2.45) is 46.3 Å². The van der Waals surface area contributed by atoms with E-state index in [1.807, 2.05) is 0 Å². The molecule has 172 valence electrons. The first-order chi connectivity index (χ1) is 13.8. The number of rotatable bonds is 4. The molecule has 0 aromatic heterocycles. The summed E-state index contributed by atoms with van der Waals surface area (Å²) in [6.07, 6.45) is 7.45. The quantitative estimate of drug-likeness (QED) is 0.443. The topological polar surface area (TPSA) is 118 Å². The van der Waals surface area contributed by atoms with E-state index in [1.165, 1.54) is 6.42 Å². The fourth-order valence-electron chi connectivity index (χ4n) is 8.85. The van der Waals surface area contributed by atoms with Crippen molar-refractivity contribution in [3.63, 3.8) is 0 Å². The second-order valence-corrected chi connectivity index (χ2v) is 11.8. The van der Waals surface area contributed by atoms with Gasteiger partial charge in [-0.1, -0.05) is 20.8 Å². The predicted octanol–water partition coefficient (Wildman–Crippen LogP) is 3.12. The van der Waals surface area contributed by atoms with E-state index in [0.29, 0.717) is 29.6 Å². The van der Waals surface area contributed by atoms with Crippen LogP contribution < -0.4 is 0 Å². The van der Waals surface area contributed by atoms with E-state index in [1.54, 1.807) is 0 Å². The number of aliphatic carboxylic acids is 1. The molecule has 0 heterocycles. The van der Waals surface area contributed by atoms with Crippen LogP contribution in [0.4, 0.5) is 0 Å². The highest BCUT2D eigenvalue weighted by Crippen LogP contribution is 2.69. The van der Waals surface area contributed by atoms with Gasteiger partial charge < -0.3 is 25.5 Å². The minimum absolute atomic E-state index is 0.0146. The van der Waals surface area contributed by atoms with Crippen LogP contribution >= 0.6 is 0 Å². The Morgan fingerprint density at radius 3 is 2.27 bits per heavy atom. The van der Waals surface area contributed by atoms with Crippen molar-refractivity contribution in [2.45, 2.75) is 96.6 Å². The van der Waals surface area contributed by atoms with Crippen LogP contribution in [-0.4, -0.2) is 43.1 Å². The van der Waals surface area contributed by atoms with Crippen LogP contribution in [0.25, 0.3) is 0 Å². The SMILES string of the molecule is C[C@H](CCC(=O)O)[C@H]1CC[C@H]2[C@@H]3CC[C@@H]4CC(O)(O)C(O)(O)C[C@]4(C)[C@H]3CC[C@]12C. The Kier molecular flexibility index (Phi) is 5.37. The molecule has 5 N–H and O–H groups in total. The number of hydrogen-bond acceptors (Lipinski definition) is 5. The van der Waals surface area contributed by atoms with Crippen molar-refractivity contribution in [1.82, 2.24) is 0 Å². The van der Waals surface area contributed by atoms with Gasteiger partial charge in [0.1, 0.15) is 0 Å². The lowest BCUT2D eigenvalue weighted by Crippen LogP contribution is -2.66. The molecule has 6 heteroatoms. The van der Waals surface area contributed by atoms with Crippen molar-refractivity contribution in [1.29, 1.82) is 0 Å². The van der Waals surface area contributed by atoms with E-state index in [9.17, 15) is 25.2 Å². The number of hydrogen-bond donors (Lipinski definition) is 5. The first kappa shape index (κ1) is 22.5. The summed E-state index contributed by atoms with van der Waals surface area (Å²) in [6, 6.07) is 0. The van der Waals surface area contributed by atoms with Gasteiger partial charge in [0.15, 0.2) is 0 Å². The largest absolute Gasteiger partial charge is 0.481 e. The zero-order valence-corrected chi connectivity index (χ0v) is 18.7. The molecule has 0 saturated heterocycles. The van der Waals surface area contributed by atoms with Crippen LogP contribution in [0.2, 0.25) is 0 Å². The van der Waals surface area contributed by atoms with Gasteiger partial charge in [0.05, 0.1) is 0 Å². The Balaban J connectivity index is 1.55. The number of aliphatic hydroxyl groups is 4. The lowest BCUT2D eigenvalue weighted by Gasteiger charge is -2.63. The van der Waals surface area contributed by atoms with Gasteiger partial charge in [-0.25, -0.2) is 0 Å². The van der Waals surface area contributed by atoms with Crippen molar-refractivity contribution >= 4 is 5.97 Å². The highest BCUT2D eigenvalue weighted by Gasteiger charge is 2.66. The summed E-state index contributed by atoms with van der Waals surface area (Å²) in [7, 11) is 0. The highest BCUT2D eigenvalue weighted by molar-refractivity contribution is 5.66. The Labute approximate surface area is 179 Å². The fraction of sp³-hybridized carbons (Fsp3) is 0.958. The zero-order valence-electron chi connectivity index (χ0n) is 18.7.